The Morgan fingerprint density at radius 2 is 1.35 bits per heavy atom. The second-order valence-corrected chi connectivity index (χ2v) is 4.49. The molecule has 0 aromatic heterocycles. The highest BCUT2D eigenvalue weighted by atomic mass is 16.5. The van der Waals surface area contributed by atoms with Crippen molar-refractivity contribution < 1.29 is 28.7 Å². The van der Waals surface area contributed by atoms with Crippen LogP contribution in [0.1, 0.15) is 33.6 Å². The fraction of sp³-hybridized carbons (Fsp3) is 0.600. The standard InChI is InChI=1S/C8H13NO3.C7H13NO3/c1-4-5-7(8(11)12-3)9-6(2)10;1-4-6(7(10)11-3)8-5(2)9/h4,7H,1,5H2,2-3H3,(H,9,10);6H,4H2,1-3H3,(H,8,9)/t7-;6-/m00/s1. The van der Waals surface area contributed by atoms with Crippen molar-refractivity contribution in [2.75, 3.05) is 14.2 Å². The molecule has 0 aliphatic rings. The molecule has 0 unspecified atom stereocenters. The fourth-order valence-electron chi connectivity index (χ4n) is 1.48. The predicted molar refractivity (Wildman–Crippen MR) is 84.3 cm³/mol. The lowest BCUT2D eigenvalue weighted by molar-refractivity contribution is -0.145. The van der Waals surface area contributed by atoms with Gasteiger partial charge < -0.3 is 20.1 Å². The minimum absolute atomic E-state index is 0.220. The number of esters is 2. The molecule has 2 N–H and O–H groups in total. The molecule has 0 bridgehead atoms. The van der Waals surface area contributed by atoms with Gasteiger partial charge in [-0.15, -0.1) is 6.58 Å². The summed E-state index contributed by atoms with van der Waals surface area (Å²) in [6, 6.07) is -1.11. The van der Waals surface area contributed by atoms with Gasteiger partial charge in [0.1, 0.15) is 12.1 Å². The van der Waals surface area contributed by atoms with Gasteiger partial charge in [-0.25, -0.2) is 9.59 Å². The number of hydrogen-bond donors (Lipinski definition) is 2. The van der Waals surface area contributed by atoms with E-state index in [1.54, 1.807) is 13.0 Å². The third-order valence-electron chi connectivity index (χ3n) is 2.54. The Hall–Kier alpha value is -2.38. The zero-order chi connectivity index (χ0) is 18.4. The molecule has 8 nitrogen and oxygen atoms in total. The summed E-state index contributed by atoms with van der Waals surface area (Å²) in [6.45, 7) is 7.98. The van der Waals surface area contributed by atoms with E-state index >= 15 is 0 Å². The Kier molecular flexibility index (Phi) is 13.2. The minimum Gasteiger partial charge on any atom is -0.467 e. The Morgan fingerprint density at radius 1 is 0.957 bits per heavy atom. The first-order valence-electron chi connectivity index (χ1n) is 7.04. The smallest absolute Gasteiger partial charge is 0.328 e. The SMILES string of the molecule is C=CC[C@H](NC(C)=O)C(=O)OC.CC[C@H](NC(C)=O)C(=O)OC. The van der Waals surface area contributed by atoms with E-state index in [2.05, 4.69) is 26.7 Å². The van der Waals surface area contributed by atoms with Crippen LogP contribution in [0, 0.1) is 0 Å². The van der Waals surface area contributed by atoms with Gasteiger partial charge in [-0.1, -0.05) is 13.0 Å². The number of ether oxygens (including phenoxy) is 2. The molecule has 0 saturated carbocycles. The van der Waals surface area contributed by atoms with Gasteiger partial charge in [0.05, 0.1) is 14.2 Å². The number of hydrogen-bond acceptors (Lipinski definition) is 6. The van der Waals surface area contributed by atoms with Crippen LogP contribution in [0.3, 0.4) is 0 Å². The first kappa shape index (κ1) is 22.9. The molecule has 8 heteroatoms. The Morgan fingerprint density at radius 3 is 1.65 bits per heavy atom. The molecule has 0 rings (SSSR count). The molecule has 0 saturated heterocycles. The first-order valence-corrected chi connectivity index (χ1v) is 7.04. The van der Waals surface area contributed by atoms with Crippen LogP contribution in [0.15, 0.2) is 12.7 Å². The average molecular weight is 330 g/mol. The predicted octanol–water partition coefficient (Wildman–Crippen LogP) is 0.314. The van der Waals surface area contributed by atoms with E-state index < -0.39 is 24.0 Å². The molecule has 0 radical (unpaired) electrons. The van der Waals surface area contributed by atoms with Gasteiger partial charge in [0.25, 0.3) is 0 Å². The lowest BCUT2D eigenvalue weighted by Gasteiger charge is -2.12. The normalized spacial score (nSPS) is 11.7. The monoisotopic (exact) mass is 330 g/mol. The van der Waals surface area contributed by atoms with Crippen molar-refractivity contribution >= 4 is 23.8 Å². The third kappa shape index (κ3) is 11.9. The zero-order valence-electron chi connectivity index (χ0n) is 14.3. The van der Waals surface area contributed by atoms with Gasteiger partial charge >= 0.3 is 11.9 Å². The number of carbonyl (C=O) groups is 4. The largest absolute Gasteiger partial charge is 0.467 e. The quantitative estimate of drug-likeness (QED) is 0.513. The van der Waals surface area contributed by atoms with E-state index in [0.29, 0.717) is 12.8 Å². The summed E-state index contributed by atoms with van der Waals surface area (Å²) in [6.07, 6.45) is 2.48. The molecule has 0 spiro atoms. The summed E-state index contributed by atoms with van der Waals surface area (Å²) in [5.41, 5.74) is 0. The minimum atomic E-state index is -0.606. The van der Waals surface area contributed by atoms with Gasteiger partial charge in [-0.3, -0.25) is 9.59 Å². The van der Waals surface area contributed by atoms with E-state index in [-0.39, 0.29) is 11.8 Å². The number of carbonyl (C=O) groups excluding carboxylic acids is 4. The number of methoxy groups -OCH3 is 2. The van der Waals surface area contributed by atoms with Crippen molar-refractivity contribution in [2.24, 2.45) is 0 Å². The second-order valence-electron chi connectivity index (χ2n) is 4.49. The lowest BCUT2D eigenvalue weighted by Crippen LogP contribution is -2.39. The van der Waals surface area contributed by atoms with Gasteiger partial charge in [0.15, 0.2) is 0 Å². The van der Waals surface area contributed by atoms with Crippen LogP contribution in [0.25, 0.3) is 0 Å². The lowest BCUT2D eigenvalue weighted by atomic mass is 10.2. The summed E-state index contributed by atoms with van der Waals surface area (Å²) in [5, 5.41) is 4.91. The van der Waals surface area contributed by atoms with Crippen molar-refractivity contribution in [1.82, 2.24) is 10.6 Å². The van der Waals surface area contributed by atoms with Crippen LogP contribution in [0.2, 0.25) is 0 Å². The molecule has 0 heterocycles. The van der Waals surface area contributed by atoms with E-state index in [0.717, 1.165) is 0 Å². The molecule has 23 heavy (non-hydrogen) atoms. The maximum absolute atomic E-state index is 11.0. The Bertz CT molecular complexity index is 422. The summed E-state index contributed by atoms with van der Waals surface area (Å²) < 4.78 is 8.91. The first-order chi connectivity index (χ1) is 10.7. The molecular weight excluding hydrogens is 304 g/mol. The van der Waals surface area contributed by atoms with Crippen molar-refractivity contribution in [3.63, 3.8) is 0 Å². The summed E-state index contributed by atoms with van der Waals surface area (Å²) in [7, 11) is 2.58. The van der Waals surface area contributed by atoms with E-state index in [1.807, 2.05) is 0 Å². The molecule has 2 amide bonds. The molecule has 0 aromatic rings. The maximum Gasteiger partial charge on any atom is 0.328 e. The van der Waals surface area contributed by atoms with Crippen LogP contribution in [-0.4, -0.2) is 50.1 Å². The number of nitrogens with one attached hydrogen (secondary N) is 2. The Labute approximate surface area is 136 Å². The molecule has 0 aliphatic carbocycles. The highest BCUT2D eigenvalue weighted by molar-refractivity contribution is 5.83. The van der Waals surface area contributed by atoms with E-state index in [1.165, 1.54) is 28.1 Å². The van der Waals surface area contributed by atoms with Crippen LogP contribution in [0.4, 0.5) is 0 Å². The average Bonchev–Trinajstić information content (AvgIpc) is 2.50. The molecule has 0 fully saturated rings. The van der Waals surface area contributed by atoms with Crippen molar-refractivity contribution in [3.05, 3.63) is 12.7 Å². The van der Waals surface area contributed by atoms with Crippen LogP contribution >= 0.6 is 0 Å². The topological polar surface area (TPSA) is 111 Å². The van der Waals surface area contributed by atoms with Crippen molar-refractivity contribution in [1.29, 1.82) is 0 Å². The van der Waals surface area contributed by atoms with E-state index in [4.69, 9.17) is 0 Å². The Balaban J connectivity index is 0. The van der Waals surface area contributed by atoms with Crippen molar-refractivity contribution in [3.8, 4) is 0 Å². The number of amides is 2. The highest BCUT2D eigenvalue weighted by Crippen LogP contribution is 1.95. The van der Waals surface area contributed by atoms with Gasteiger partial charge in [-0.2, -0.15) is 0 Å². The molecule has 0 aromatic carbocycles. The van der Waals surface area contributed by atoms with E-state index in [9.17, 15) is 19.2 Å². The summed E-state index contributed by atoms with van der Waals surface area (Å²) in [5.74, 6) is -1.33. The van der Waals surface area contributed by atoms with Gasteiger partial charge in [0, 0.05) is 13.8 Å². The van der Waals surface area contributed by atoms with Crippen LogP contribution < -0.4 is 10.6 Å². The molecule has 0 aliphatic heterocycles. The molecular formula is C15H26N2O6. The van der Waals surface area contributed by atoms with Crippen LogP contribution in [0.5, 0.6) is 0 Å². The third-order valence-corrected chi connectivity index (χ3v) is 2.54. The van der Waals surface area contributed by atoms with Crippen molar-refractivity contribution in [2.45, 2.75) is 45.7 Å². The maximum atomic E-state index is 11.0. The molecule has 132 valence electrons. The highest BCUT2D eigenvalue weighted by Gasteiger charge is 2.17. The molecule has 2 atom stereocenters. The van der Waals surface area contributed by atoms with Crippen LogP contribution in [-0.2, 0) is 28.7 Å². The summed E-state index contributed by atoms with van der Waals surface area (Å²) >= 11 is 0. The number of rotatable bonds is 7. The van der Waals surface area contributed by atoms with Gasteiger partial charge in [0.2, 0.25) is 11.8 Å². The fourth-order valence-corrected chi connectivity index (χ4v) is 1.48. The summed E-state index contributed by atoms with van der Waals surface area (Å²) in [4.78, 5) is 42.9. The zero-order valence-corrected chi connectivity index (χ0v) is 14.3. The van der Waals surface area contributed by atoms with Gasteiger partial charge in [-0.05, 0) is 12.8 Å². The second kappa shape index (κ2) is 13.3.